The Hall–Kier alpha value is -0.420. The van der Waals surface area contributed by atoms with Gasteiger partial charge in [0.05, 0.1) is 0 Å². The van der Waals surface area contributed by atoms with E-state index in [0.29, 0.717) is 13.1 Å². The lowest BCUT2D eigenvalue weighted by Gasteiger charge is -1.74. The minimum atomic E-state index is 0. The topological polar surface area (TPSA) is 122 Å². The third-order valence-electron chi connectivity index (χ3n) is 0.439. The summed E-state index contributed by atoms with van der Waals surface area (Å²) in [6, 6.07) is 0. The molecule has 10 N–H and O–H groups in total. The summed E-state index contributed by atoms with van der Waals surface area (Å²) in [4.78, 5) is 0. The van der Waals surface area contributed by atoms with Gasteiger partial charge in [-0.15, -0.1) is 0 Å². The molecule has 0 bridgehead atoms. The summed E-state index contributed by atoms with van der Waals surface area (Å²) in [5.74, 6) is 0. The molecule has 0 amide bonds. The number of hydrogen-bond donors (Lipinski definition) is 4. The summed E-state index contributed by atoms with van der Waals surface area (Å²) < 4.78 is 0. The van der Waals surface area contributed by atoms with Crippen molar-refractivity contribution in [2.24, 2.45) is 11.5 Å². The van der Waals surface area contributed by atoms with E-state index in [2.05, 4.69) is 0 Å². The van der Waals surface area contributed by atoms with Crippen LogP contribution in [0.2, 0.25) is 0 Å². The van der Waals surface area contributed by atoms with Crippen molar-refractivity contribution in [1.29, 1.82) is 0 Å². The summed E-state index contributed by atoms with van der Waals surface area (Å²) >= 11 is 0. The molecule has 0 heterocycles. The fraction of sp³-hybridized carbons (Fsp3) is 0.500. The summed E-state index contributed by atoms with van der Waals surface area (Å²) in [5, 5.41) is 0. The molecule has 0 aliphatic heterocycles. The first-order valence-corrected chi connectivity index (χ1v) is 1.97. The Bertz CT molecular complexity index is 37.3. The Morgan fingerprint density at radius 2 is 1.12 bits per heavy atom. The van der Waals surface area contributed by atoms with E-state index in [1.807, 2.05) is 12.2 Å². The lowest BCUT2D eigenvalue weighted by Crippen LogP contribution is -1.97. The Balaban J connectivity index is -0.000000125. The van der Waals surface area contributed by atoms with Crippen LogP contribution in [0.3, 0.4) is 0 Å². The Morgan fingerprint density at radius 3 is 1.25 bits per heavy atom. The van der Waals surface area contributed by atoms with Crippen molar-refractivity contribution in [2.45, 2.75) is 0 Å². The molecule has 4 heteroatoms. The van der Waals surface area contributed by atoms with Crippen molar-refractivity contribution in [3.05, 3.63) is 12.2 Å². The molecular weight excluding hydrogens is 104 g/mol. The third-order valence-corrected chi connectivity index (χ3v) is 0.439. The first-order valence-electron chi connectivity index (χ1n) is 1.97. The van der Waals surface area contributed by atoms with Gasteiger partial charge in [-0.25, -0.2) is 0 Å². The summed E-state index contributed by atoms with van der Waals surface area (Å²) in [6.45, 7) is 1.19. The predicted octanol–water partition coefficient (Wildman–Crippen LogP) is -0.216. The molecule has 0 saturated heterocycles. The highest BCUT2D eigenvalue weighted by atomic mass is 14.5. The van der Waals surface area contributed by atoms with Gasteiger partial charge < -0.3 is 23.8 Å². The molecule has 0 saturated carbocycles. The normalized spacial score (nSPS) is 7.75. The van der Waals surface area contributed by atoms with Gasteiger partial charge in [0.25, 0.3) is 0 Å². The molecule has 0 radical (unpaired) electrons. The number of rotatable bonds is 2. The quantitative estimate of drug-likeness (QED) is 0.376. The van der Waals surface area contributed by atoms with E-state index in [0.717, 1.165) is 0 Å². The predicted molar refractivity (Wildman–Crippen MR) is 37.3 cm³/mol. The highest BCUT2D eigenvalue weighted by molar-refractivity contribution is 4.82. The molecule has 0 aliphatic carbocycles. The van der Waals surface area contributed by atoms with Gasteiger partial charge in [-0.3, -0.25) is 0 Å². The summed E-state index contributed by atoms with van der Waals surface area (Å²) in [5.41, 5.74) is 10.1. The van der Waals surface area contributed by atoms with Gasteiger partial charge in [-0.1, -0.05) is 12.2 Å². The minimum absolute atomic E-state index is 0. The molecule has 0 aliphatic rings. The van der Waals surface area contributed by atoms with Crippen molar-refractivity contribution in [3.63, 3.8) is 0 Å². The van der Waals surface area contributed by atoms with Gasteiger partial charge >= 0.3 is 0 Å². The monoisotopic (exact) mass is 120 g/mol. The molecule has 4 nitrogen and oxygen atoms in total. The molecule has 0 aromatic heterocycles. The molecular formula is C4H16N4. The average molecular weight is 120 g/mol. The maximum atomic E-state index is 5.07. The second-order valence-corrected chi connectivity index (χ2v) is 0.943. The van der Waals surface area contributed by atoms with Crippen LogP contribution in [-0.2, 0) is 0 Å². The molecule has 0 atom stereocenters. The molecule has 0 rings (SSSR count). The maximum absolute atomic E-state index is 5.07. The van der Waals surface area contributed by atoms with Crippen LogP contribution < -0.4 is 23.8 Å². The average Bonchev–Trinajstić information content (AvgIpc) is 1.61. The smallest absolute Gasteiger partial charge is 0.0107 e. The van der Waals surface area contributed by atoms with Crippen LogP contribution >= 0.6 is 0 Å². The zero-order valence-corrected chi connectivity index (χ0v) is 5.14. The maximum Gasteiger partial charge on any atom is 0.0107 e. The highest BCUT2D eigenvalue weighted by Crippen LogP contribution is 1.58. The Kier molecular flexibility index (Phi) is 31.3. The minimum Gasteiger partial charge on any atom is -0.344 e. The van der Waals surface area contributed by atoms with Gasteiger partial charge in [0.2, 0.25) is 0 Å². The second-order valence-electron chi connectivity index (χ2n) is 0.943. The van der Waals surface area contributed by atoms with Crippen molar-refractivity contribution >= 4 is 0 Å². The van der Waals surface area contributed by atoms with E-state index in [9.17, 15) is 0 Å². The van der Waals surface area contributed by atoms with Crippen molar-refractivity contribution in [1.82, 2.24) is 12.3 Å². The first kappa shape index (κ1) is 15.6. The molecule has 8 heavy (non-hydrogen) atoms. The second kappa shape index (κ2) is 16.0. The highest BCUT2D eigenvalue weighted by Gasteiger charge is 1.59. The van der Waals surface area contributed by atoms with Gasteiger partial charge in [0, 0.05) is 13.1 Å². The van der Waals surface area contributed by atoms with Crippen LogP contribution in [0.5, 0.6) is 0 Å². The van der Waals surface area contributed by atoms with Crippen LogP contribution in [-0.4, -0.2) is 13.1 Å². The van der Waals surface area contributed by atoms with Gasteiger partial charge in [-0.05, 0) is 0 Å². The zero-order chi connectivity index (χ0) is 4.83. The molecule has 0 spiro atoms. The van der Waals surface area contributed by atoms with E-state index in [4.69, 9.17) is 11.5 Å². The largest absolute Gasteiger partial charge is 0.344 e. The summed E-state index contributed by atoms with van der Waals surface area (Å²) in [6.07, 6.45) is 3.67. The third kappa shape index (κ3) is 17.6. The zero-order valence-electron chi connectivity index (χ0n) is 5.14. The Morgan fingerprint density at radius 1 is 0.875 bits per heavy atom. The summed E-state index contributed by atoms with van der Waals surface area (Å²) in [7, 11) is 0. The van der Waals surface area contributed by atoms with E-state index >= 15 is 0 Å². The van der Waals surface area contributed by atoms with E-state index in [-0.39, 0.29) is 12.3 Å². The van der Waals surface area contributed by atoms with Crippen LogP contribution in [0.25, 0.3) is 0 Å². The van der Waals surface area contributed by atoms with Crippen LogP contribution in [0.15, 0.2) is 12.2 Å². The molecule has 0 fully saturated rings. The number of nitrogens with two attached hydrogens (primary N) is 2. The van der Waals surface area contributed by atoms with Gasteiger partial charge in [0.15, 0.2) is 0 Å². The van der Waals surface area contributed by atoms with E-state index in [1.165, 1.54) is 0 Å². The van der Waals surface area contributed by atoms with E-state index in [1.54, 1.807) is 0 Å². The molecule has 0 unspecified atom stereocenters. The number of hydrogen-bond acceptors (Lipinski definition) is 4. The SMILES string of the molecule is N.N.NC/C=C/CN. The fourth-order valence-corrected chi connectivity index (χ4v) is 0.192. The van der Waals surface area contributed by atoms with Crippen molar-refractivity contribution in [2.75, 3.05) is 13.1 Å². The van der Waals surface area contributed by atoms with Gasteiger partial charge in [-0.2, -0.15) is 0 Å². The van der Waals surface area contributed by atoms with Crippen LogP contribution in [0, 0.1) is 0 Å². The first-order chi connectivity index (χ1) is 2.91. The van der Waals surface area contributed by atoms with Crippen LogP contribution in [0.4, 0.5) is 0 Å². The molecule has 52 valence electrons. The lowest BCUT2D eigenvalue weighted by atomic mass is 10.5. The molecule has 0 aromatic carbocycles. The van der Waals surface area contributed by atoms with Crippen molar-refractivity contribution < 1.29 is 0 Å². The van der Waals surface area contributed by atoms with E-state index < -0.39 is 0 Å². The molecule has 0 aromatic rings. The van der Waals surface area contributed by atoms with Crippen LogP contribution in [0.1, 0.15) is 0 Å². The Labute approximate surface area is 50.1 Å². The lowest BCUT2D eigenvalue weighted by molar-refractivity contribution is 1.20. The fourth-order valence-electron chi connectivity index (χ4n) is 0.192. The van der Waals surface area contributed by atoms with Crippen molar-refractivity contribution in [3.8, 4) is 0 Å². The van der Waals surface area contributed by atoms with Gasteiger partial charge in [0.1, 0.15) is 0 Å². The standard InChI is InChI=1S/C4H10N2.2H3N/c5-3-1-2-4-6;;/h1-2H,3-6H2;2*1H3/b2-1+;;.